The lowest BCUT2D eigenvalue weighted by atomic mass is 10.1. The van der Waals surface area contributed by atoms with Crippen LogP contribution in [0.3, 0.4) is 0 Å². The predicted octanol–water partition coefficient (Wildman–Crippen LogP) is 2.39. The Morgan fingerprint density at radius 1 is 1.17 bits per heavy atom. The Balaban J connectivity index is 2.37. The van der Waals surface area contributed by atoms with Gasteiger partial charge in [-0.2, -0.15) is 0 Å². The molecule has 0 aromatic heterocycles. The van der Waals surface area contributed by atoms with Crippen molar-refractivity contribution in [3.05, 3.63) is 59.7 Å². The van der Waals surface area contributed by atoms with E-state index in [1.165, 1.54) is 12.1 Å². The van der Waals surface area contributed by atoms with E-state index in [-0.39, 0.29) is 11.3 Å². The van der Waals surface area contributed by atoms with Crippen LogP contribution in [-0.2, 0) is 16.6 Å². The van der Waals surface area contributed by atoms with Crippen LogP contribution in [0, 0.1) is 0 Å². The zero-order valence-corrected chi connectivity index (χ0v) is 13.7. The minimum absolute atomic E-state index is 0.0213. The Bertz CT molecular complexity index is 804. The molecule has 0 saturated carbocycles. The van der Waals surface area contributed by atoms with E-state index in [9.17, 15) is 13.2 Å². The van der Waals surface area contributed by atoms with Crippen LogP contribution in [0.15, 0.2) is 48.5 Å². The third-order valence-corrected chi connectivity index (χ3v) is 3.80. The summed E-state index contributed by atoms with van der Waals surface area (Å²) in [5.41, 5.74) is 1.92. The number of benzene rings is 2. The van der Waals surface area contributed by atoms with Crippen LogP contribution >= 0.6 is 0 Å². The molecule has 2 N–H and O–H groups in total. The first-order valence-corrected chi connectivity index (χ1v) is 8.75. The minimum atomic E-state index is -3.52. The maximum absolute atomic E-state index is 11.5. The van der Waals surface area contributed by atoms with Gasteiger partial charge in [0, 0.05) is 13.6 Å². The van der Waals surface area contributed by atoms with E-state index >= 15 is 0 Å². The van der Waals surface area contributed by atoms with Crippen molar-refractivity contribution in [1.29, 1.82) is 0 Å². The highest BCUT2D eigenvalue weighted by Crippen LogP contribution is 2.28. The average Bonchev–Trinajstić information content (AvgIpc) is 2.46. The number of hydrogen-bond donors (Lipinski definition) is 2. The summed E-state index contributed by atoms with van der Waals surface area (Å²) >= 11 is 0. The van der Waals surface area contributed by atoms with Crippen LogP contribution in [0.25, 0.3) is 0 Å². The Kier molecular flexibility index (Phi) is 4.90. The summed E-state index contributed by atoms with van der Waals surface area (Å²) < 4.78 is 25.5. The lowest BCUT2D eigenvalue weighted by Gasteiger charge is -2.23. The second-order valence-electron chi connectivity index (χ2n) is 5.25. The van der Waals surface area contributed by atoms with Gasteiger partial charge >= 0.3 is 5.97 Å². The highest BCUT2D eigenvalue weighted by atomic mass is 32.2. The van der Waals surface area contributed by atoms with Crippen LogP contribution in [0.4, 0.5) is 11.4 Å². The molecule has 0 aliphatic rings. The number of carboxylic acid groups (broad SMARTS) is 1. The number of aromatic carboxylic acids is 1. The summed E-state index contributed by atoms with van der Waals surface area (Å²) in [5, 5.41) is 9.08. The molecule has 2 aromatic carbocycles. The zero-order valence-electron chi connectivity index (χ0n) is 12.9. The first kappa shape index (κ1) is 16.8. The van der Waals surface area contributed by atoms with E-state index in [0.717, 1.165) is 11.8 Å². The summed E-state index contributed by atoms with van der Waals surface area (Å²) in [4.78, 5) is 13.0. The number of rotatable bonds is 6. The van der Waals surface area contributed by atoms with Gasteiger partial charge in [-0.25, -0.2) is 13.2 Å². The molecule has 6 nitrogen and oxygen atoms in total. The number of carbonyl (C=O) groups is 1. The van der Waals surface area contributed by atoms with Gasteiger partial charge in [-0.3, -0.25) is 4.72 Å². The van der Waals surface area contributed by atoms with Crippen molar-refractivity contribution in [3.63, 3.8) is 0 Å². The van der Waals surface area contributed by atoms with Crippen molar-refractivity contribution in [2.45, 2.75) is 6.54 Å². The molecule has 0 atom stereocenters. The van der Waals surface area contributed by atoms with Crippen LogP contribution < -0.4 is 9.62 Å². The fourth-order valence-corrected chi connectivity index (χ4v) is 2.79. The Morgan fingerprint density at radius 2 is 1.83 bits per heavy atom. The first-order chi connectivity index (χ1) is 10.8. The molecule has 0 bridgehead atoms. The average molecular weight is 334 g/mol. The van der Waals surface area contributed by atoms with Gasteiger partial charge in [-0.15, -0.1) is 0 Å². The van der Waals surface area contributed by atoms with Crippen molar-refractivity contribution >= 4 is 27.4 Å². The number of anilines is 2. The minimum Gasteiger partial charge on any atom is -0.478 e. The van der Waals surface area contributed by atoms with Crippen LogP contribution in [0.2, 0.25) is 0 Å². The Hall–Kier alpha value is -2.54. The van der Waals surface area contributed by atoms with Gasteiger partial charge in [0.2, 0.25) is 10.0 Å². The molecular weight excluding hydrogens is 316 g/mol. The largest absolute Gasteiger partial charge is 0.478 e. The van der Waals surface area contributed by atoms with E-state index in [0.29, 0.717) is 12.2 Å². The zero-order chi connectivity index (χ0) is 17.0. The molecule has 0 heterocycles. The summed E-state index contributed by atoms with van der Waals surface area (Å²) in [6.45, 7) is 0.561. The third-order valence-electron chi connectivity index (χ3n) is 3.21. The fourth-order valence-electron chi connectivity index (χ4n) is 2.23. The second kappa shape index (κ2) is 6.70. The molecule has 122 valence electrons. The van der Waals surface area contributed by atoms with Gasteiger partial charge in [0.1, 0.15) is 0 Å². The van der Waals surface area contributed by atoms with Crippen molar-refractivity contribution in [2.75, 3.05) is 22.9 Å². The number of sulfonamides is 1. The smallest absolute Gasteiger partial charge is 0.335 e. The SMILES string of the molecule is CN(Cc1ccccc1)c1ccc(C(=O)O)cc1NS(C)(=O)=O. The Labute approximate surface area is 135 Å². The molecule has 0 saturated heterocycles. The van der Waals surface area contributed by atoms with Crippen molar-refractivity contribution in [1.82, 2.24) is 0 Å². The van der Waals surface area contributed by atoms with Crippen LogP contribution in [0.1, 0.15) is 15.9 Å². The van der Waals surface area contributed by atoms with Crippen molar-refractivity contribution in [2.24, 2.45) is 0 Å². The normalized spacial score (nSPS) is 11.0. The van der Waals surface area contributed by atoms with Crippen LogP contribution in [-0.4, -0.2) is 32.8 Å². The summed E-state index contributed by atoms with van der Waals surface area (Å²) in [7, 11) is -1.70. The van der Waals surface area contributed by atoms with Gasteiger partial charge < -0.3 is 10.0 Å². The standard InChI is InChI=1S/C16H18N2O4S/c1-18(11-12-6-4-3-5-7-12)15-9-8-13(16(19)20)10-14(15)17-23(2,21)22/h3-10,17H,11H2,1-2H3,(H,19,20). The number of hydrogen-bond acceptors (Lipinski definition) is 4. The molecule has 0 spiro atoms. The maximum atomic E-state index is 11.5. The number of carboxylic acids is 1. The first-order valence-electron chi connectivity index (χ1n) is 6.86. The lowest BCUT2D eigenvalue weighted by Crippen LogP contribution is -2.20. The molecule has 7 heteroatoms. The summed E-state index contributed by atoms with van der Waals surface area (Å²) in [6, 6.07) is 14.1. The highest BCUT2D eigenvalue weighted by molar-refractivity contribution is 7.92. The van der Waals surface area contributed by atoms with Gasteiger partial charge in [0.25, 0.3) is 0 Å². The monoisotopic (exact) mass is 334 g/mol. The molecule has 2 rings (SSSR count). The maximum Gasteiger partial charge on any atom is 0.335 e. The van der Waals surface area contributed by atoms with Gasteiger partial charge in [0.15, 0.2) is 0 Å². The molecule has 23 heavy (non-hydrogen) atoms. The Morgan fingerprint density at radius 3 is 2.39 bits per heavy atom. The molecule has 0 aliphatic carbocycles. The summed E-state index contributed by atoms with van der Waals surface area (Å²) in [5.74, 6) is -1.11. The molecule has 2 aromatic rings. The van der Waals surface area contributed by atoms with Gasteiger partial charge in [-0.1, -0.05) is 30.3 Å². The molecular formula is C16H18N2O4S. The quantitative estimate of drug-likeness (QED) is 0.847. The lowest BCUT2D eigenvalue weighted by molar-refractivity contribution is 0.0697. The predicted molar refractivity (Wildman–Crippen MR) is 90.4 cm³/mol. The molecule has 0 fully saturated rings. The highest BCUT2D eigenvalue weighted by Gasteiger charge is 2.14. The van der Waals surface area contributed by atoms with Crippen LogP contribution in [0.5, 0.6) is 0 Å². The molecule has 0 amide bonds. The molecule has 0 unspecified atom stereocenters. The van der Waals surface area contributed by atoms with E-state index in [1.807, 2.05) is 42.3 Å². The second-order valence-corrected chi connectivity index (χ2v) is 7.00. The van der Waals surface area contributed by atoms with E-state index in [2.05, 4.69) is 4.72 Å². The number of nitrogens with zero attached hydrogens (tertiary/aromatic N) is 1. The van der Waals surface area contributed by atoms with E-state index in [1.54, 1.807) is 6.07 Å². The van der Waals surface area contributed by atoms with E-state index in [4.69, 9.17) is 5.11 Å². The molecule has 0 radical (unpaired) electrons. The fraction of sp³-hybridized carbons (Fsp3) is 0.188. The third kappa shape index (κ3) is 4.72. The van der Waals surface area contributed by atoms with Crippen molar-refractivity contribution < 1.29 is 18.3 Å². The van der Waals surface area contributed by atoms with Crippen molar-refractivity contribution in [3.8, 4) is 0 Å². The van der Waals surface area contributed by atoms with E-state index < -0.39 is 16.0 Å². The molecule has 0 aliphatic heterocycles. The summed E-state index contributed by atoms with van der Waals surface area (Å²) in [6.07, 6.45) is 1.03. The topological polar surface area (TPSA) is 86.7 Å². The van der Waals surface area contributed by atoms with Gasteiger partial charge in [0.05, 0.1) is 23.2 Å². The number of nitrogens with one attached hydrogen (secondary N) is 1. The van der Waals surface area contributed by atoms with Gasteiger partial charge in [-0.05, 0) is 23.8 Å².